The van der Waals surface area contributed by atoms with Crippen molar-refractivity contribution in [2.45, 2.75) is 44.6 Å². The van der Waals surface area contributed by atoms with Crippen molar-refractivity contribution in [2.75, 3.05) is 6.54 Å². The lowest BCUT2D eigenvalue weighted by Gasteiger charge is -2.37. The van der Waals surface area contributed by atoms with Gasteiger partial charge >= 0.3 is 0 Å². The second-order valence-electron chi connectivity index (χ2n) is 5.55. The summed E-state index contributed by atoms with van der Waals surface area (Å²) in [6.07, 6.45) is 5.94. The van der Waals surface area contributed by atoms with Crippen LogP contribution in [-0.2, 0) is 0 Å². The molecule has 1 fully saturated rings. The molecular formula is C15H21Cl2NO. The average Bonchev–Trinajstić information content (AvgIpc) is 2.67. The Morgan fingerprint density at radius 1 is 1.16 bits per heavy atom. The lowest BCUT2D eigenvalue weighted by atomic mass is 9.73. The van der Waals surface area contributed by atoms with Crippen LogP contribution in [0.15, 0.2) is 18.2 Å². The zero-order valence-electron chi connectivity index (χ0n) is 11.0. The minimum atomic E-state index is -0.637. The first-order chi connectivity index (χ1) is 9.09. The first kappa shape index (κ1) is 15.1. The highest BCUT2D eigenvalue weighted by atomic mass is 35.5. The number of nitrogens with two attached hydrogens (primary N) is 1. The molecule has 0 heterocycles. The fourth-order valence-electron chi connectivity index (χ4n) is 3.08. The minimum absolute atomic E-state index is 0.259. The van der Waals surface area contributed by atoms with Crippen LogP contribution in [0.4, 0.5) is 0 Å². The van der Waals surface area contributed by atoms with Gasteiger partial charge in [-0.1, -0.05) is 48.9 Å². The number of aliphatic hydroxyl groups excluding tert-OH is 1. The van der Waals surface area contributed by atoms with E-state index in [0.29, 0.717) is 22.2 Å². The quantitative estimate of drug-likeness (QED) is 0.817. The molecule has 0 amide bonds. The van der Waals surface area contributed by atoms with E-state index in [-0.39, 0.29) is 5.41 Å². The molecule has 1 aliphatic rings. The van der Waals surface area contributed by atoms with E-state index < -0.39 is 6.10 Å². The van der Waals surface area contributed by atoms with Crippen molar-refractivity contribution in [3.8, 4) is 0 Å². The molecule has 0 bridgehead atoms. The maximum absolute atomic E-state index is 10.8. The lowest BCUT2D eigenvalue weighted by Crippen LogP contribution is -2.36. The van der Waals surface area contributed by atoms with Crippen LogP contribution < -0.4 is 5.73 Å². The molecule has 1 unspecified atom stereocenters. The highest BCUT2D eigenvalue weighted by Crippen LogP contribution is 2.46. The molecule has 19 heavy (non-hydrogen) atoms. The summed E-state index contributed by atoms with van der Waals surface area (Å²) in [5, 5.41) is 12.0. The Balaban J connectivity index is 2.33. The molecule has 1 aromatic carbocycles. The van der Waals surface area contributed by atoms with Gasteiger partial charge in [0.1, 0.15) is 0 Å². The van der Waals surface area contributed by atoms with E-state index in [4.69, 9.17) is 28.9 Å². The number of benzene rings is 1. The van der Waals surface area contributed by atoms with Crippen LogP contribution in [0.25, 0.3) is 0 Å². The van der Waals surface area contributed by atoms with Crippen molar-refractivity contribution in [3.63, 3.8) is 0 Å². The summed E-state index contributed by atoms with van der Waals surface area (Å²) in [5.74, 6) is 0. The maximum Gasteiger partial charge on any atom is 0.0873 e. The molecule has 0 radical (unpaired) electrons. The third-order valence-corrected chi connectivity index (χ3v) is 4.92. The number of hydrogen-bond acceptors (Lipinski definition) is 2. The van der Waals surface area contributed by atoms with Crippen LogP contribution in [0.5, 0.6) is 0 Å². The fourth-order valence-corrected chi connectivity index (χ4v) is 3.48. The third-order valence-electron chi connectivity index (χ3n) is 4.34. The van der Waals surface area contributed by atoms with E-state index >= 15 is 0 Å². The summed E-state index contributed by atoms with van der Waals surface area (Å²) >= 11 is 12.2. The number of rotatable bonds is 3. The predicted octanol–water partition coefficient (Wildman–Crippen LogP) is 4.33. The van der Waals surface area contributed by atoms with Gasteiger partial charge in [0.2, 0.25) is 0 Å². The monoisotopic (exact) mass is 301 g/mol. The van der Waals surface area contributed by atoms with Crippen LogP contribution >= 0.6 is 23.2 Å². The highest BCUT2D eigenvalue weighted by Gasteiger charge is 2.38. The molecule has 3 N–H and O–H groups in total. The topological polar surface area (TPSA) is 46.2 Å². The van der Waals surface area contributed by atoms with Crippen molar-refractivity contribution < 1.29 is 5.11 Å². The molecule has 2 rings (SSSR count). The summed E-state index contributed by atoms with van der Waals surface area (Å²) in [5.41, 5.74) is 6.45. The van der Waals surface area contributed by atoms with Gasteiger partial charge in [-0.3, -0.25) is 0 Å². The molecular weight excluding hydrogens is 281 g/mol. The average molecular weight is 302 g/mol. The molecule has 1 atom stereocenters. The Labute approximate surface area is 124 Å². The van der Waals surface area contributed by atoms with Gasteiger partial charge in [0.25, 0.3) is 0 Å². The molecule has 0 aliphatic heterocycles. The highest BCUT2D eigenvalue weighted by molar-refractivity contribution is 6.33. The van der Waals surface area contributed by atoms with Gasteiger partial charge in [-0.25, -0.2) is 0 Å². The van der Waals surface area contributed by atoms with Gasteiger partial charge in [-0.2, -0.15) is 0 Å². The number of aliphatic hydroxyl groups is 1. The molecule has 4 heteroatoms. The van der Waals surface area contributed by atoms with Crippen LogP contribution in [0, 0.1) is 5.41 Å². The molecule has 1 aromatic rings. The molecule has 2 nitrogen and oxygen atoms in total. The Kier molecular flexibility index (Phi) is 5.13. The SMILES string of the molecule is NCC1(C(O)c2cc(Cl)ccc2Cl)CCCCCC1. The van der Waals surface area contributed by atoms with E-state index in [1.54, 1.807) is 18.2 Å². The van der Waals surface area contributed by atoms with Crippen LogP contribution in [0.1, 0.15) is 50.2 Å². The predicted molar refractivity (Wildman–Crippen MR) is 80.6 cm³/mol. The van der Waals surface area contributed by atoms with Crippen molar-refractivity contribution in [3.05, 3.63) is 33.8 Å². The molecule has 0 aromatic heterocycles. The number of hydrogen-bond donors (Lipinski definition) is 2. The molecule has 0 saturated heterocycles. The van der Waals surface area contributed by atoms with E-state index in [1.807, 2.05) is 0 Å². The minimum Gasteiger partial charge on any atom is -0.388 e. The van der Waals surface area contributed by atoms with E-state index in [0.717, 1.165) is 25.7 Å². The van der Waals surface area contributed by atoms with Crippen molar-refractivity contribution in [1.29, 1.82) is 0 Å². The van der Waals surface area contributed by atoms with Crippen molar-refractivity contribution >= 4 is 23.2 Å². The molecule has 1 saturated carbocycles. The summed E-state index contributed by atoms with van der Waals surface area (Å²) in [7, 11) is 0. The third kappa shape index (κ3) is 3.25. The number of halogens is 2. The molecule has 0 spiro atoms. The van der Waals surface area contributed by atoms with E-state index in [1.165, 1.54) is 12.8 Å². The van der Waals surface area contributed by atoms with Gasteiger partial charge in [0.15, 0.2) is 0 Å². The maximum atomic E-state index is 10.8. The van der Waals surface area contributed by atoms with Gasteiger partial charge in [-0.15, -0.1) is 0 Å². The van der Waals surface area contributed by atoms with Gasteiger partial charge in [0.05, 0.1) is 6.10 Å². The first-order valence-corrected chi connectivity index (χ1v) is 7.68. The van der Waals surface area contributed by atoms with Crippen molar-refractivity contribution in [2.24, 2.45) is 11.1 Å². The standard InChI is InChI=1S/C15H21Cl2NO/c16-11-5-6-13(17)12(9-11)14(19)15(10-18)7-3-1-2-4-8-15/h5-6,9,14,19H,1-4,7-8,10,18H2. The van der Waals surface area contributed by atoms with Crippen LogP contribution in [0.3, 0.4) is 0 Å². The second-order valence-corrected chi connectivity index (χ2v) is 6.39. The summed E-state index contributed by atoms with van der Waals surface area (Å²) in [6.45, 7) is 0.483. The summed E-state index contributed by atoms with van der Waals surface area (Å²) in [4.78, 5) is 0. The Bertz CT molecular complexity index is 428. The largest absolute Gasteiger partial charge is 0.388 e. The first-order valence-electron chi connectivity index (χ1n) is 6.92. The van der Waals surface area contributed by atoms with E-state index in [2.05, 4.69) is 0 Å². The Hall–Kier alpha value is -0.280. The van der Waals surface area contributed by atoms with E-state index in [9.17, 15) is 5.11 Å². The van der Waals surface area contributed by atoms with Gasteiger partial charge in [-0.05, 0) is 31.0 Å². The fraction of sp³-hybridized carbons (Fsp3) is 0.600. The Morgan fingerprint density at radius 3 is 2.37 bits per heavy atom. The normalized spacial score (nSPS) is 20.8. The molecule has 1 aliphatic carbocycles. The summed E-state index contributed by atoms with van der Waals surface area (Å²) < 4.78 is 0. The van der Waals surface area contributed by atoms with Gasteiger partial charge < -0.3 is 10.8 Å². The van der Waals surface area contributed by atoms with Crippen molar-refractivity contribution in [1.82, 2.24) is 0 Å². The Morgan fingerprint density at radius 2 is 1.79 bits per heavy atom. The lowest BCUT2D eigenvalue weighted by molar-refractivity contribution is 0.0167. The smallest absolute Gasteiger partial charge is 0.0873 e. The molecule has 106 valence electrons. The second kappa shape index (κ2) is 6.45. The summed E-state index contributed by atoms with van der Waals surface area (Å²) in [6, 6.07) is 5.24. The zero-order valence-corrected chi connectivity index (χ0v) is 12.6. The van der Waals surface area contributed by atoms with Crippen LogP contribution in [0.2, 0.25) is 10.0 Å². The van der Waals surface area contributed by atoms with Gasteiger partial charge in [0, 0.05) is 27.6 Å². The van der Waals surface area contributed by atoms with Crippen LogP contribution in [-0.4, -0.2) is 11.7 Å². The zero-order chi connectivity index (χ0) is 13.9.